The van der Waals surface area contributed by atoms with Crippen LogP contribution >= 0.6 is 11.3 Å². The summed E-state index contributed by atoms with van der Waals surface area (Å²) in [6.07, 6.45) is -1.50. The Labute approximate surface area is 253 Å². The van der Waals surface area contributed by atoms with Crippen LogP contribution < -0.4 is 15.4 Å². The number of anilines is 2. The van der Waals surface area contributed by atoms with Crippen molar-refractivity contribution in [3.63, 3.8) is 0 Å². The van der Waals surface area contributed by atoms with E-state index in [0.29, 0.717) is 22.2 Å². The van der Waals surface area contributed by atoms with Crippen molar-refractivity contribution >= 4 is 50.6 Å². The molecule has 2 N–H and O–H groups in total. The molecule has 1 fully saturated rings. The number of methoxy groups -OCH3 is 1. The Morgan fingerprint density at radius 3 is 2.34 bits per heavy atom. The predicted molar refractivity (Wildman–Crippen MR) is 157 cm³/mol. The van der Waals surface area contributed by atoms with Crippen molar-refractivity contribution in [2.75, 3.05) is 17.7 Å². The number of nitrogens with one attached hydrogen (secondary N) is 2. The van der Waals surface area contributed by atoms with Gasteiger partial charge in [0.25, 0.3) is 11.8 Å². The Bertz CT molecular complexity index is 1790. The highest BCUT2D eigenvalue weighted by Crippen LogP contribution is 2.43. The minimum absolute atomic E-state index is 0.0248. The van der Waals surface area contributed by atoms with Gasteiger partial charge in [-0.25, -0.2) is 9.18 Å². The maximum atomic E-state index is 13.8. The Morgan fingerprint density at radius 2 is 1.70 bits per heavy atom. The number of pyridine rings is 1. The number of aromatic nitrogens is 1. The monoisotopic (exact) mass is 629 g/mol. The van der Waals surface area contributed by atoms with E-state index in [1.807, 2.05) is 6.07 Å². The number of rotatable bonds is 7. The number of fused-ring (bicyclic) bond motifs is 1. The van der Waals surface area contributed by atoms with E-state index in [2.05, 4.69) is 15.6 Å². The lowest BCUT2D eigenvalue weighted by atomic mass is 10.1. The van der Waals surface area contributed by atoms with Gasteiger partial charge < -0.3 is 20.1 Å². The normalized spacial score (nSPS) is 13.5. The van der Waals surface area contributed by atoms with Crippen LogP contribution in [0.4, 0.5) is 28.9 Å². The molecular weight excluding hydrogens is 602 g/mol. The standard InChI is InChI=1S/C31H27F4N3O5S/c1-30(2,3)43-29(41)16-7-10-23(42-4)18(11-16)27(39)38-25-19-14-36-22(15-5-6-15)13-24(19)44-26(25)28(40)37-17-8-9-21(32)20(12-17)31(33,34)35/h7-15H,5-6H2,1-4H3,(H,37,40)(H,38,39). The maximum absolute atomic E-state index is 13.8. The van der Waals surface area contributed by atoms with Crippen molar-refractivity contribution in [3.8, 4) is 5.75 Å². The molecule has 1 aliphatic rings. The molecule has 5 rings (SSSR count). The third-order valence-corrected chi connectivity index (χ3v) is 7.80. The highest BCUT2D eigenvalue weighted by molar-refractivity contribution is 7.21. The lowest BCUT2D eigenvalue weighted by Crippen LogP contribution is -2.24. The van der Waals surface area contributed by atoms with Gasteiger partial charge in [0.05, 0.1) is 29.5 Å². The van der Waals surface area contributed by atoms with Crippen LogP contribution in [0.5, 0.6) is 5.75 Å². The number of nitrogens with zero attached hydrogens (tertiary/aromatic N) is 1. The van der Waals surface area contributed by atoms with Gasteiger partial charge in [-0.1, -0.05) is 0 Å². The topological polar surface area (TPSA) is 107 Å². The number of esters is 1. The Balaban J connectivity index is 1.52. The summed E-state index contributed by atoms with van der Waals surface area (Å²) >= 11 is 1.02. The quantitative estimate of drug-likeness (QED) is 0.160. The molecule has 2 amide bonds. The molecule has 4 aromatic rings. The minimum Gasteiger partial charge on any atom is -0.496 e. The molecule has 0 aliphatic heterocycles. The summed E-state index contributed by atoms with van der Waals surface area (Å²) in [5, 5.41) is 5.52. The lowest BCUT2D eigenvalue weighted by Gasteiger charge is -2.20. The van der Waals surface area contributed by atoms with Gasteiger partial charge in [-0.2, -0.15) is 13.2 Å². The number of benzene rings is 2. The molecule has 44 heavy (non-hydrogen) atoms. The van der Waals surface area contributed by atoms with Crippen LogP contribution in [0.1, 0.15) is 81.2 Å². The van der Waals surface area contributed by atoms with E-state index in [9.17, 15) is 31.9 Å². The molecule has 230 valence electrons. The molecule has 0 saturated heterocycles. The van der Waals surface area contributed by atoms with Gasteiger partial charge in [-0.15, -0.1) is 11.3 Å². The second kappa shape index (κ2) is 11.5. The van der Waals surface area contributed by atoms with Crippen LogP contribution in [0.25, 0.3) is 10.1 Å². The molecule has 0 atom stereocenters. The Hall–Kier alpha value is -4.52. The van der Waals surface area contributed by atoms with Gasteiger partial charge in [-0.05, 0) is 76.1 Å². The number of halogens is 4. The molecule has 1 aliphatic carbocycles. The molecular formula is C31H27F4N3O5S. The van der Waals surface area contributed by atoms with Crippen LogP contribution in [0, 0.1) is 5.82 Å². The van der Waals surface area contributed by atoms with E-state index in [0.717, 1.165) is 35.9 Å². The van der Waals surface area contributed by atoms with Gasteiger partial charge in [0.15, 0.2) is 0 Å². The first kappa shape index (κ1) is 30.9. The summed E-state index contributed by atoms with van der Waals surface area (Å²) < 4.78 is 65.1. The molecule has 8 nitrogen and oxygen atoms in total. The van der Waals surface area contributed by atoms with Gasteiger partial charge in [0, 0.05) is 33.6 Å². The molecule has 1 saturated carbocycles. The van der Waals surface area contributed by atoms with Gasteiger partial charge >= 0.3 is 12.1 Å². The number of thiophene rings is 1. The van der Waals surface area contributed by atoms with Crippen LogP contribution in [0.2, 0.25) is 0 Å². The summed E-state index contributed by atoms with van der Waals surface area (Å²) in [5.41, 5.74) is -1.66. The third kappa shape index (κ3) is 6.67. The van der Waals surface area contributed by atoms with Crippen molar-refractivity contribution < 1.29 is 41.4 Å². The van der Waals surface area contributed by atoms with Crippen LogP contribution in [0.3, 0.4) is 0 Å². The predicted octanol–water partition coefficient (Wildman–Crippen LogP) is 7.80. The average molecular weight is 630 g/mol. The van der Waals surface area contributed by atoms with E-state index in [1.165, 1.54) is 31.5 Å². The summed E-state index contributed by atoms with van der Waals surface area (Å²) in [6, 6.07) is 8.12. The number of carbonyl (C=O) groups excluding carboxylic acids is 3. The highest BCUT2D eigenvalue weighted by atomic mass is 32.1. The van der Waals surface area contributed by atoms with Crippen molar-refractivity contribution in [3.05, 3.63) is 81.7 Å². The smallest absolute Gasteiger partial charge is 0.419 e. The van der Waals surface area contributed by atoms with Crippen molar-refractivity contribution in [1.82, 2.24) is 4.98 Å². The zero-order valence-corrected chi connectivity index (χ0v) is 24.8. The van der Waals surface area contributed by atoms with E-state index >= 15 is 0 Å². The summed E-state index contributed by atoms with van der Waals surface area (Å²) in [4.78, 5) is 44.3. The first-order valence-corrected chi connectivity index (χ1v) is 14.3. The molecule has 0 spiro atoms. The fourth-order valence-corrected chi connectivity index (χ4v) is 5.50. The molecule has 0 radical (unpaired) electrons. The second-order valence-corrected chi connectivity index (χ2v) is 12.3. The van der Waals surface area contributed by atoms with Crippen LogP contribution in [0.15, 0.2) is 48.7 Å². The van der Waals surface area contributed by atoms with E-state index in [-0.39, 0.29) is 39.0 Å². The van der Waals surface area contributed by atoms with Crippen molar-refractivity contribution in [1.29, 1.82) is 0 Å². The third-order valence-electron chi connectivity index (χ3n) is 6.64. The van der Waals surface area contributed by atoms with E-state index in [1.54, 1.807) is 20.8 Å². The summed E-state index contributed by atoms with van der Waals surface area (Å²) in [5.74, 6) is -3.27. The number of hydrogen-bond acceptors (Lipinski definition) is 7. The molecule has 2 heterocycles. The van der Waals surface area contributed by atoms with Crippen molar-refractivity contribution in [2.45, 2.75) is 51.3 Å². The molecule has 2 aromatic heterocycles. The average Bonchev–Trinajstić information content (AvgIpc) is 3.74. The Kier molecular flexibility index (Phi) is 8.10. The maximum Gasteiger partial charge on any atom is 0.419 e. The van der Waals surface area contributed by atoms with Crippen molar-refractivity contribution in [2.24, 2.45) is 0 Å². The summed E-state index contributed by atoms with van der Waals surface area (Å²) in [6.45, 7) is 5.11. The number of carbonyl (C=O) groups is 3. The fourth-order valence-electron chi connectivity index (χ4n) is 4.43. The molecule has 0 unspecified atom stereocenters. The first-order valence-electron chi connectivity index (χ1n) is 13.5. The first-order chi connectivity index (χ1) is 20.6. The number of alkyl halides is 3. The number of hydrogen-bond donors (Lipinski definition) is 2. The molecule has 13 heteroatoms. The second-order valence-electron chi connectivity index (χ2n) is 11.2. The van der Waals surface area contributed by atoms with Crippen LogP contribution in [-0.2, 0) is 10.9 Å². The van der Waals surface area contributed by atoms with Crippen LogP contribution in [-0.4, -0.2) is 35.5 Å². The van der Waals surface area contributed by atoms with Gasteiger partial charge in [0.1, 0.15) is 22.0 Å². The highest BCUT2D eigenvalue weighted by Gasteiger charge is 2.35. The fraction of sp³-hybridized carbons (Fsp3) is 0.290. The number of ether oxygens (including phenoxy) is 2. The largest absolute Gasteiger partial charge is 0.496 e. The Morgan fingerprint density at radius 1 is 0.977 bits per heavy atom. The van der Waals surface area contributed by atoms with Gasteiger partial charge in [-0.3, -0.25) is 14.6 Å². The van der Waals surface area contributed by atoms with E-state index in [4.69, 9.17) is 9.47 Å². The minimum atomic E-state index is -4.97. The SMILES string of the molecule is COc1ccc(C(=O)OC(C)(C)C)cc1C(=O)Nc1c(C(=O)Nc2ccc(F)c(C(F)(F)F)c2)sc2cc(C3CC3)ncc12. The molecule has 2 aromatic carbocycles. The zero-order chi connectivity index (χ0) is 32.0. The zero-order valence-electron chi connectivity index (χ0n) is 24.0. The summed E-state index contributed by atoms with van der Waals surface area (Å²) in [7, 11) is 1.35. The number of amides is 2. The van der Waals surface area contributed by atoms with E-state index < -0.39 is 40.9 Å². The molecule has 0 bridgehead atoms. The lowest BCUT2D eigenvalue weighted by molar-refractivity contribution is -0.139. The van der Waals surface area contributed by atoms with Gasteiger partial charge in [0.2, 0.25) is 0 Å².